The van der Waals surface area contributed by atoms with E-state index < -0.39 is 0 Å². The Hall–Kier alpha value is -3.58. The highest BCUT2D eigenvalue weighted by molar-refractivity contribution is 7.34. The van der Waals surface area contributed by atoms with Gasteiger partial charge in [0.1, 0.15) is 17.1 Å². The molecule has 2 atom stereocenters. The molecule has 0 bridgehead atoms. The molecule has 4 nitrogen and oxygen atoms in total. The zero-order valence-electron chi connectivity index (χ0n) is 17.5. The maximum Gasteiger partial charge on any atom is 0.132 e. The molecule has 0 saturated heterocycles. The van der Waals surface area contributed by atoms with E-state index >= 15 is 0 Å². The number of hydrogen-bond donors (Lipinski definition) is 0. The van der Waals surface area contributed by atoms with Crippen molar-refractivity contribution >= 4 is 65.0 Å². The molecule has 4 rings (SSSR count). The number of rotatable bonds is 8. The Labute approximate surface area is 191 Å². The summed E-state index contributed by atoms with van der Waals surface area (Å²) in [6.45, 7) is 15.5. The first kappa shape index (κ1) is 21.6. The first-order valence-electron chi connectivity index (χ1n) is 9.95. The van der Waals surface area contributed by atoms with Gasteiger partial charge >= 0.3 is 0 Å². The van der Waals surface area contributed by atoms with Crippen molar-refractivity contribution in [3.63, 3.8) is 0 Å². The molecule has 0 fully saturated rings. The lowest BCUT2D eigenvalue weighted by molar-refractivity contribution is 1.08. The first-order valence-corrected chi connectivity index (χ1v) is 12.0. The monoisotopic (exact) mass is 452 g/mol. The molecular formula is C26H22N4P2. The largest absolute Gasteiger partial charge is 0.253 e. The van der Waals surface area contributed by atoms with Gasteiger partial charge in [0.15, 0.2) is 0 Å². The van der Waals surface area contributed by atoms with Crippen LogP contribution in [0.25, 0.3) is 60.0 Å². The molecule has 2 unspecified atom stereocenters. The van der Waals surface area contributed by atoms with Crippen molar-refractivity contribution in [1.82, 2.24) is 20.2 Å². The van der Waals surface area contributed by atoms with E-state index in [9.17, 15) is 0 Å². The number of hydrogen-bond acceptors (Lipinski definition) is 4. The van der Waals surface area contributed by atoms with Gasteiger partial charge in [-0.05, 0) is 68.7 Å². The van der Waals surface area contributed by atoms with Gasteiger partial charge in [-0.1, -0.05) is 50.6 Å². The Bertz CT molecular complexity index is 1350. The molecule has 0 saturated carbocycles. The van der Waals surface area contributed by atoms with Crippen molar-refractivity contribution in [3.8, 4) is 11.4 Å². The lowest BCUT2D eigenvalue weighted by Crippen LogP contribution is -1.79. The fourth-order valence-corrected chi connectivity index (χ4v) is 5.49. The number of nitrogens with zero attached hydrogens (tertiary/aromatic N) is 4. The topological polar surface area (TPSA) is 51.6 Å². The van der Waals surface area contributed by atoms with Gasteiger partial charge < -0.3 is 0 Å². The Morgan fingerprint density at radius 1 is 0.656 bits per heavy atom. The zero-order chi connectivity index (χ0) is 22.5. The molecule has 156 valence electrons. The van der Waals surface area contributed by atoms with Crippen LogP contribution in [0.1, 0.15) is 43.7 Å². The van der Waals surface area contributed by atoms with Gasteiger partial charge in [0.2, 0.25) is 0 Å². The van der Waals surface area contributed by atoms with Crippen LogP contribution in [0.3, 0.4) is 0 Å². The van der Waals surface area contributed by atoms with E-state index in [1.54, 1.807) is 12.4 Å². The van der Waals surface area contributed by atoms with Crippen LogP contribution in [0.2, 0.25) is 0 Å². The van der Waals surface area contributed by atoms with Crippen molar-refractivity contribution in [2.45, 2.75) is 0 Å². The molecule has 32 heavy (non-hydrogen) atoms. The van der Waals surface area contributed by atoms with Crippen LogP contribution in [0, 0.1) is 0 Å². The Balaban J connectivity index is 1.62. The summed E-state index contributed by atoms with van der Waals surface area (Å²) < 4.78 is 0. The molecule has 2 aromatic rings. The Morgan fingerprint density at radius 2 is 1.28 bits per heavy atom. The number of fused-ring (bicyclic) bond motifs is 1. The molecule has 0 aliphatic carbocycles. The third-order valence-corrected chi connectivity index (χ3v) is 7.65. The molecule has 2 aromatic heterocycles. The molecule has 0 aromatic carbocycles. The predicted octanol–water partition coefficient (Wildman–Crippen LogP) is 7.35. The van der Waals surface area contributed by atoms with Crippen molar-refractivity contribution in [2.24, 2.45) is 0 Å². The first-order chi connectivity index (χ1) is 15.6. The summed E-state index contributed by atoms with van der Waals surface area (Å²) in [6.07, 6.45) is 19.0. The van der Waals surface area contributed by atoms with Gasteiger partial charge in [-0.15, -0.1) is 26.6 Å². The quantitative estimate of drug-likeness (QED) is 0.281. The average molecular weight is 452 g/mol. The second-order valence-electron chi connectivity index (χ2n) is 6.93. The summed E-state index contributed by atoms with van der Waals surface area (Å²) in [5, 5.41) is 13.3. The smallest absolute Gasteiger partial charge is 0.132 e. The third kappa shape index (κ3) is 4.53. The van der Waals surface area contributed by atoms with E-state index in [4.69, 9.17) is 0 Å². The van der Waals surface area contributed by atoms with Gasteiger partial charge in [-0.3, -0.25) is 4.98 Å². The average Bonchev–Trinajstić information content (AvgIpc) is 3.49. The van der Waals surface area contributed by atoms with Crippen LogP contribution in [0.5, 0.6) is 0 Å². The van der Waals surface area contributed by atoms with Crippen molar-refractivity contribution in [3.05, 3.63) is 94.5 Å². The maximum atomic E-state index is 4.62. The molecule has 4 heterocycles. The minimum Gasteiger partial charge on any atom is -0.253 e. The summed E-state index contributed by atoms with van der Waals surface area (Å²) >= 11 is 0. The second-order valence-corrected chi connectivity index (χ2v) is 9.66. The highest BCUT2D eigenvalue weighted by Gasteiger charge is 2.12. The van der Waals surface area contributed by atoms with E-state index in [-0.39, 0.29) is 0 Å². The molecular weight excluding hydrogens is 430 g/mol. The third-order valence-electron chi connectivity index (χ3n) is 4.92. The second kappa shape index (κ2) is 9.70. The van der Waals surface area contributed by atoms with E-state index in [2.05, 4.69) is 70.8 Å². The van der Waals surface area contributed by atoms with Gasteiger partial charge in [0.25, 0.3) is 0 Å². The van der Waals surface area contributed by atoms with Crippen LogP contribution >= 0.6 is 16.4 Å². The van der Waals surface area contributed by atoms with E-state index in [0.717, 1.165) is 28.2 Å². The van der Waals surface area contributed by atoms with Crippen LogP contribution < -0.4 is 0 Å². The van der Waals surface area contributed by atoms with Crippen LogP contribution in [-0.4, -0.2) is 20.2 Å². The normalized spacial score (nSPS) is 11.9. The van der Waals surface area contributed by atoms with Crippen LogP contribution in [0.4, 0.5) is 0 Å². The van der Waals surface area contributed by atoms with Crippen LogP contribution in [0.15, 0.2) is 50.8 Å². The molecule has 2 aliphatic rings. The van der Waals surface area contributed by atoms with Crippen molar-refractivity contribution < 1.29 is 0 Å². The minimum absolute atomic E-state index is 0.558. The van der Waals surface area contributed by atoms with Crippen LogP contribution in [-0.2, 0) is 0 Å². The van der Waals surface area contributed by atoms with Gasteiger partial charge in [-0.2, -0.15) is 0 Å². The highest BCUT2D eigenvalue weighted by atomic mass is 31.0. The van der Waals surface area contributed by atoms with E-state index in [1.807, 2.05) is 36.5 Å². The van der Waals surface area contributed by atoms with Gasteiger partial charge in [0.05, 0.1) is 18.1 Å². The summed E-state index contributed by atoms with van der Waals surface area (Å²) in [7, 11) is 1.13. The standard InChI is InChI=1S/C26H22N4P2/c1-5-17-13-20(7-3)31-24(17)11-9-19-15-28-26-22(29-30-23(26)16-27-19)10-12-25-18(6-2)14-21(8-4)32-25/h5-16,31-32H,1-4H2/b11-9+,12-10+. The molecule has 0 spiro atoms. The zero-order valence-corrected chi connectivity index (χ0v) is 19.5. The molecule has 0 amide bonds. The fraction of sp³-hybridized carbons (Fsp3) is 0. The van der Waals surface area contributed by atoms with Crippen molar-refractivity contribution in [1.29, 1.82) is 0 Å². The summed E-state index contributed by atoms with van der Waals surface area (Å²) in [5.74, 6) is 0. The molecule has 6 heteroatoms. The lowest BCUT2D eigenvalue weighted by Gasteiger charge is -1.92. The van der Waals surface area contributed by atoms with E-state index in [1.165, 1.54) is 21.2 Å². The highest BCUT2D eigenvalue weighted by Crippen LogP contribution is 2.32. The summed E-state index contributed by atoms with van der Waals surface area (Å²) in [6, 6.07) is 4.22. The number of aromatic nitrogens is 4. The summed E-state index contributed by atoms with van der Waals surface area (Å²) in [5.41, 5.74) is 5.08. The molecule has 2 aliphatic heterocycles. The maximum absolute atomic E-state index is 4.62. The Morgan fingerprint density at radius 3 is 1.88 bits per heavy atom. The van der Waals surface area contributed by atoms with Gasteiger partial charge in [-0.25, -0.2) is 4.98 Å². The van der Waals surface area contributed by atoms with E-state index in [0.29, 0.717) is 22.1 Å². The lowest BCUT2D eigenvalue weighted by atomic mass is 10.2. The van der Waals surface area contributed by atoms with Crippen molar-refractivity contribution in [2.75, 3.05) is 0 Å². The predicted molar refractivity (Wildman–Crippen MR) is 144 cm³/mol. The van der Waals surface area contributed by atoms with Gasteiger partial charge in [0, 0.05) is 0 Å². The Kier molecular flexibility index (Phi) is 6.56. The summed E-state index contributed by atoms with van der Waals surface area (Å²) in [4.78, 5) is 9.14. The molecule has 0 N–H and O–H groups in total. The SMILES string of the molecule is C=Cc1cc(C=C)c(/C=C/c2cnc3c(/C=C/c4[pH]c(C=C)cc4C=C)nnc-3cn2)[pH]1. The fourth-order valence-electron chi connectivity index (χ4n) is 3.23. The molecule has 0 radical (unpaired) electrons. The minimum atomic E-state index is 0.558.